The molecule has 1 heterocycles. The Hall–Kier alpha value is -0.865. The largest absolute Gasteiger partial charge is 0.336 e. The van der Waals surface area contributed by atoms with E-state index in [2.05, 4.69) is 68.9 Å². The molecule has 1 aliphatic heterocycles. The number of rotatable bonds is 8. The molecule has 1 saturated heterocycles. The summed E-state index contributed by atoms with van der Waals surface area (Å²) in [5, 5.41) is 0. The van der Waals surface area contributed by atoms with Crippen LogP contribution < -0.4 is 4.72 Å². The third-order valence-electron chi connectivity index (χ3n) is 4.76. The molecule has 0 saturated carbocycles. The van der Waals surface area contributed by atoms with Crippen LogP contribution in [0, 0.1) is 18.8 Å². The third kappa shape index (κ3) is 4.56. The van der Waals surface area contributed by atoms with Crippen LogP contribution in [0.5, 0.6) is 0 Å². The summed E-state index contributed by atoms with van der Waals surface area (Å²) in [6.07, 6.45) is 3.63. The predicted octanol–water partition coefficient (Wildman–Crippen LogP) is 2.65. The van der Waals surface area contributed by atoms with E-state index in [1.54, 1.807) is 0 Å². The summed E-state index contributed by atoms with van der Waals surface area (Å²) >= 11 is 4.07. The lowest BCUT2D eigenvalue weighted by Gasteiger charge is -2.41. The summed E-state index contributed by atoms with van der Waals surface area (Å²) in [5.41, 5.74) is 5.48. The highest BCUT2D eigenvalue weighted by atomic mass is 32.1. The van der Waals surface area contributed by atoms with Crippen molar-refractivity contribution in [1.82, 2.24) is 9.62 Å². The van der Waals surface area contributed by atoms with Crippen LogP contribution in [0.4, 0.5) is 0 Å². The van der Waals surface area contributed by atoms with E-state index in [9.17, 15) is 0 Å². The minimum absolute atomic E-state index is 0.452. The fourth-order valence-electron chi connectivity index (χ4n) is 3.30. The zero-order valence-electron chi connectivity index (χ0n) is 14.2. The maximum Gasteiger partial charge on any atom is 0.101 e. The highest BCUT2D eigenvalue weighted by Gasteiger charge is 2.28. The molecular weight excluding hydrogens is 287 g/mol. The molecule has 120 valence electrons. The highest BCUT2D eigenvalue weighted by molar-refractivity contribution is 7.78. The first-order chi connectivity index (χ1) is 10.5. The van der Waals surface area contributed by atoms with Crippen LogP contribution in [0.15, 0.2) is 30.5 Å². The summed E-state index contributed by atoms with van der Waals surface area (Å²) in [7, 11) is 2.24. The van der Waals surface area contributed by atoms with Gasteiger partial charge in [-0.15, -0.1) is 0 Å². The Morgan fingerprint density at radius 3 is 2.82 bits per heavy atom. The standard InChI is InChI=1S/C18H29BN2S/c1-13-8-16(6-7-19)4-5-18(13)9-17-11-21(12-17)10-14(2)15(3)20-22/h4-5,8,14,17,20,22H,3,6-7,9-12,19H2,1-2H3. The Labute approximate surface area is 142 Å². The second-order valence-electron chi connectivity index (χ2n) is 6.84. The van der Waals surface area contributed by atoms with Gasteiger partial charge >= 0.3 is 0 Å². The van der Waals surface area contributed by atoms with E-state index in [0.29, 0.717) is 5.92 Å². The minimum atomic E-state index is 0.452. The van der Waals surface area contributed by atoms with Gasteiger partial charge in [0.25, 0.3) is 0 Å². The van der Waals surface area contributed by atoms with Gasteiger partial charge in [-0.3, -0.25) is 0 Å². The summed E-state index contributed by atoms with van der Waals surface area (Å²) in [6, 6.07) is 7.03. The molecule has 22 heavy (non-hydrogen) atoms. The van der Waals surface area contributed by atoms with Gasteiger partial charge in [0.2, 0.25) is 0 Å². The predicted molar refractivity (Wildman–Crippen MR) is 102 cm³/mol. The molecule has 4 heteroatoms. The molecule has 0 radical (unpaired) electrons. The molecule has 1 aromatic rings. The van der Waals surface area contributed by atoms with E-state index in [4.69, 9.17) is 0 Å². The molecule has 2 rings (SSSR count). The van der Waals surface area contributed by atoms with Crippen LogP contribution in [0.2, 0.25) is 6.32 Å². The van der Waals surface area contributed by atoms with E-state index in [1.165, 1.54) is 48.9 Å². The lowest BCUT2D eigenvalue weighted by molar-refractivity contribution is 0.0892. The molecule has 1 unspecified atom stereocenters. The van der Waals surface area contributed by atoms with Crippen molar-refractivity contribution in [2.45, 2.75) is 33.0 Å². The van der Waals surface area contributed by atoms with Crippen LogP contribution in [0.25, 0.3) is 0 Å². The van der Waals surface area contributed by atoms with Crippen molar-refractivity contribution in [3.63, 3.8) is 0 Å². The summed E-state index contributed by atoms with van der Waals surface area (Å²) in [4.78, 5) is 2.52. The second-order valence-corrected chi connectivity index (χ2v) is 7.06. The van der Waals surface area contributed by atoms with E-state index in [-0.39, 0.29) is 0 Å². The average molecular weight is 316 g/mol. The SMILES string of the molecule is BCCc1ccc(CC2CN(CC(C)C(=C)NS)C2)c(C)c1. The molecule has 1 N–H and O–H groups in total. The van der Waals surface area contributed by atoms with Crippen molar-refractivity contribution in [1.29, 1.82) is 0 Å². The van der Waals surface area contributed by atoms with Gasteiger partial charge < -0.3 is 9.62 Å². The fraction of sp³-hybridized carbons (Fsp3) is 0.556. The van der Waals surface area contributed by atoms with E-state index in [1.807, 2.05) is 0 Å². The first-order valence-electron chi connectivity index (χ1n) is 8.43. The van der Waals surface area contributed by atoms with Crippen LogP contribution in [0.3, 0.4) is 0 Å². The van der Waals surface area contributed by atoms with Crippen molar-refractivity contribution in [3.8, 4) is 0 Å². The van der Waals surface area contributed by atoms with Gasteiger partial charge in [-0.2, -0.15) is 0 Å². The first kappa shape index (κ1) is 17.5. The average Bonchev–Trinajstić information content (AvgIpc) is 2.46. The minimum Gasteiger partial charge on any atom is -0.336 e. The van der Waals surface area contributed by atoms with Crippen molar-refractivity contribution in [2.75, 3.05) is 19.6 Å². The van der Waals surface area contributed by atoms with Crippen molar-refractivity contribution in [2.24, 2.45) is 11.8 Å². The molecule has 0 bridgehead atoms. The van der Waals surface area contributed by atoms with E-state index >= 15 is 0 Å². The molecular formula is C18H29BN2S. The van der Waals surface area contributed by atoms with E-state index < -0.39 is 0 Å². The Morgan fingerprint density at radius 2 is 2.23 bits per heavy atom. The monoisotopic (exact) mass is 316 g/mol. The van der Waals surface area contributed by atoms with Gasteiger partial charge in [-0.25, -0.2) is 0 Å². The highest BCUT2D eigenvalue weighted by Crippen LogP contribution is 2.24. The van der Waals surface area contributed by atoms with Crippen molar-refractivity contribution in [3.05, 3.63) is 47.2 Å². The Balaban J connectivity index is 1.79. The normalized spacial score (nSPS) is 17.0. The number of benzene rings is 1. The number of aryl methyl sites for hydroxylation is 2. The molecule has 1 aliphatic rings. The van der Waals surface area contributed by atoms with Gasteiger partial charge in [0.1, 0.15) is 7.85 Å². The quantitative estimate of drug-likeness (QED) is 0.566. The zero-order valence-corrected chi connectivity index (χ0v) is 15.1. The van der Waals surface area contributed by atoms with Gasteiger partial charge in [-0.1, -0.05) is 50.8 Å². The number of likely N-dealkylation sites (tertiary alicyclic amines) is 1. The van der Waals surface area contributed by atoms with E-state index in [0.717, 1.165) is 18.2 Å². The fourth-order valence-corrected chi connectivity index (χ4v) is 3.53. The van der Waals surface area contributed by atoms with Crippen LogP contribution in [-0.4, -0.2) is 32.4 Å². The van der Waals surface area contributed by atoms with Crippen LogP contribution in [-0.2, 0) is 12.8 Å². The molecule has 1 fully saturated rings. The van der Waals surface area contributed by atoms with Gasteiger partial charge in [0.15, 0.2) is 0 Å². The molecule has 0 aliphatic carbocycles. The van der Waals surface area contributed by atoms with Crippen LogP contribution >= 0.6 is 12.8 Å². The number of hydrogen-bond donors (Lipinski definition) is 2. The number of nitrogens with one attached hydrogen (secondary N) is 1. The summed E-state index contributed by atoms with van der Waals surface area (Å²) < 4.78 is 2.87. The maximum atomic E-state index is 4.07. The second kappa shape index (κ2) is 8.12. The Kier molecular flexibility index (Phi) is 6.45. The molecule has 2 nitrogen and oxygen atoms in total. The Morgan fingerprint density at radius 1 is 1.50 bits per heavy atom. The topological polar surface area (TPSA) is 15.3 Å². The zero-order chi connectivity index (χ0) is 16.1. The molecule has 1 aromatic carbocycles. The van der Waals surface area contributed by atoms with Crippen molar-refractivity contribution >= 4 is 20.7 Å². The number of hydrogen-bond acceptors (Lipinski definition) is 3. The maximum absolute atomic E-state index is 4.07. The number of nitrogens with zero attached hydrogens (tertiary/aromatic N) is 1. The lowest BCUT2D eigenvalue weighted by atomic mass is 9.88. The smallest absolute Gasteiger partial charge is 0.101 e. The number of thiol groups is 1. The summed E-state index contributed by atoms with van der Waals surface area (Å²) in [5.74, 6) is 1.26. The van der Waals surface area contributed by atoms with Gasteiger partial charge in [0, 0.05) is 31.2 Å². The molecule has 0 amide bonds. The third-order valence-corrected chi connectivity index (χ3v) is 5.04. The lowest BCUT2D eigenvalue weighted by Crippen LogP contribution is -2.49. The first-order valence-corrected chi connectivity index (χ1v) is 8.87. The van der Waals surface area contributed by atoms with Crippen molar-refractivity contribution < 1.29 is 0 Å². The molecule has 0 spiro atoms. The Bertz CT molecular complexity index is 512. The van der Waals surface area contributed by atoms with Gasteiger partial charge in [0.05, 0.1) is 0 Å². The van der Waals surface area contributed by atoms with Crippen LogP contribution in [0.1, 0.15) is 23.6 Å². The molecule has 0 aromatic heterocycles. The molecule has 1 atom stereocenters. The van der Waals surface area contributed by atoms with Gasteiger partial charge in [-0.05, 0) is 42.4 Å². The summed E-state index contributed by atoms with van der Waals surface area (Å²) in [6.45, 7) is 12.0.